The van der Waals surface area contributed by atoms with Crippen LogP contribution in [0.3, 0.4) is 0 Å². The number of carbonyl (C=O) groups excluding carboxylic acids is 3. The van der Waals surface area contributed by atoms with Gasteiger partial charge in [0, 0.05) is 23.9 Å². The van der Waals surface area contributed by atoms with Gasteiger partial charge in [0.2, 0.25) is 5.91 Å². The number of Topliss-reactive ketones (excluding diaryl/α,β-unsaturated/α-hetero) is 1. The largest absolute Gasteiger partial charge is 0.507 e. The van der Waals surface area contributed by atoms with Crippen molar-refractivity contribution in [2.75, 3.05) is 16.8 Å². The number of fused-ring (bicyclic) bond motifs is 1. The van der Waals surface area contributed by atoms with Crippen LogP contribution < -0.4 is 15.0 Å². The summed E-state index contributed by atoms with van der Waals surface area (Å²) in [5.74, 6) is -1.14. The van der Waals surface area contributed by atoms with E-state index in [0.29, 0.717) is 29.1 Å². The zero-order chi connectivity index (χ0) is 24.5. The number of amides is 2. The lowest BCUT2D eigenvalue weighted by molar-refractivity contribution is -0.132. The third-order valence-corrected chi connectivity index (χ3v) is 6.21. The van der Waals surface area contributed by atoms with Crippen LogP contribution in [0.4, 0.5) is 11.4 Å². The third-order valence-electron chi connectivity index (χ3n) is 6.21. The summed E-state index contributed by atoms with van der Waals surface area (Å²) in [5, 5.41) is 14.0. The Kier molecular flexibility index (Phi) is 5.82. The zero-order valence-electron chi connectivity index (χ0n) is 19.2. The first-order chi connectivity index (χ1) is 16.9. The van der Waals surface area contributed by atoms with Gasteiger partial charge in [-0.1, -0.05) is 30.3 Å². The molecule has 2 N–H and O–H groups in total. The number of benzene rings is 3. The first-order valence-electron chi connectivity index (χ1n) is 11.4. The molecule has 176 valence electrons. The van der Waals surface area contributed by atoms with E-state index in [1.165, 1.54) is 11.8 Å². The van der Waals surface area contributed by atoms with E-state index in [9.17, 15) is 19.5 Å². The van der Waals surface area contributed by atoms with Crippen LogP contribution >= 0.6 is 0 Å². The molecule has 5 rings (SSSR count). The van der Waals surface area contributed by atoms with Gasteiger partial charge in [0.15, 0.2) is 0 Å². The van der Waals surface area contributed by atoms with Crippen LogP contribution in [-0.4, -0.2) is 29.3 Å². The molecule has 3 aromatic rings. The summed E-state index contributed by atoms with van der Waals surface area (Å²) in [5.41, 5.74) is 3.20. The fourth-order valence-electron chi connectivity index (χ4n) is 4.62. The zero-order valence-corrected chi connectivity index (χ0v) is 19.2. The molecule has 2 heterocycles. The van der Waals surface area contributed by atoms with E-state index in [0.717, 1.165) is 24.2 Å². The summed E-state index contributed by atoms with van der Waals surface area (Å²) in [4.78, 5) is 39.3. The molecule has 0 radical (unpaired) electrons. The number of nitrogens with one attached hydrogen (secondary N) is 1. The topological polar surface area (TPSA) is 95.9 Å². The van der Waals surface area contributed by atoms with Crippen LogP contribution in [0.2, 0.25) is 0 Å². The molecule has 1 unspecified atom stereocenters. The van der Waals surface area contributed by atoms with Gasteiger partial charge < -0.3 is 15.2 Å². The molecule has 0 aliphatic carbocycles. The number of hydrogen-bond acceptors (Lipinski definition) is 5. The lowest BCUT2D eigenvalue weighted by Gasteiger charge is -2.25. The molecule has 1 fully saturated rings. The van der Waals surface area contributed by atoms with E-state index in [-0.39, 0.29) is 17.2 Å². The highest BCUT2D eigenvalue weighted by molar-refractivity contribution is 6.51. The summed E-state index contributed by atoms with van der Waals surface area (Å²) in [7, 11) is 0. The minimum absolute atomic E-state index is 0.0313. The predicted molar refractivity (Wildman–Crippen MR) is 132 cm³/mol. The summed E-state index contributed by atoms with van der Waals surface area (Å²) >= 11 is 0. The first kappa shape index (κ1) is 22.4. The van der Waals surface area contributed by atoms with Crippen molar-refractivity contribution in [2.24, 2.45) is 0 Å². The summed E-state index contributed by atoms with van der Waals surface area (Å²) in [6, 6.07) is 20.3. The van der Waals surface area contributed by atoms with Crippen molar-refractivity contribution in [3.8, 4) is 5.75 Å². The van der Waals surface area contributed by atoms with E-state index >= 15 is 0 Å². The quantitative estimate of drug-likeness (QED) is 0.332. The van der Waals surface area contributed by atoms with Gasteiger partial charge in [0.05, 0.1) is 18.2 Å². The van der Waals surface area contributed by atoms with Crippen molar-refractivity contribution in [1.29, 1.82) is 0 Å². The third kappa shape index (κ3) is 4.17. The van der Waals surface area contributed by atoms with E-state index in [2.05, 4.69) is 5.32 Å². The molecule has 7 nitrogen and oxygen atoms in total. The summed E-state index contributed by atoms with van der Waals surface area (Å²) in [6.07, 6.45) is 1.69. The number of aliphatic hydroxyl groups is 1. The van der Waals surface area contributed by atoms with Crippen molar-refractivity contribution >= 4 is 34.7 Å². The molecular weight excluding hydrogens is 444 g/mol. The van der Waals surface area contributed by atoms with Gasteiger partial charge in [-0.25, -0.2) is 0 Å². The second kappa shape index (κ2) is 9.10. The van der Waals surface area contributed by atoms with Gasteiger partial charge in [-0.05, 0) is 66.4 Å². The van der Waals surface area contributed by atoms with Crippen molar-refractivity contribution < 1.29 is 24.2 Å². The minimum Gasteiger partial charge on any atom is -0.507 e. The SMILES string of the molecule is CC(=O)Nc1ccc(N2C(=O)C(=O)/C(=C(\O)c3ccc4c(c3)CCCO4)C2c2ccccc2)cc1. The maximum atomic E-state index is 13.3. The van der Waals surface area contributed by atoms with Gasteiger partial charge >= 0.3 is 0 Å². The fraction of sp³-hybridized carbons (Fsp3) is 0.179. The number of hydrogen-bond donors (Lipinski definition) is 2. The van der Waals surface area contributed by atoms with Gasteiger partial charge in [-0.2, -0.15) is 0 Å². The number of nitrogens with zero attached hydrogens (tertiary/aromatic N) is 1. The Balaban J connectivity index is 1.62. The highest BCUT2D eigenvalue weighted by Crippen LogP contribution is 2.42. The van der Waals surface area contributed by atoms with Crippen molar-refractivity contribution in [1.82, 2.24) is 0 Å². The molecule has 3 aromatic carbocycles. The molecule has 2 amide bonds. The van der Waals surface area contributed by atoms with E-state index in [1.54, 1.807) is 36.4 Å². The Bertz CT molecular complexity index is 1350. The number of ketones is 1. The standard InChI is InChI=1S/C28H24N2O5/c1-17(31)29-21-10-12-22(13-11-21)30-25(18-6-3-2-4-7-18)24(27(33)28(30)34)26(32)20-9-14-23-19(16-20)8-5-15-35-23/h2-4,6-7,9-14,16,25,32H,5,8,15H2,1H3,(H,29,31)/b26-24-. The maximum absolute atomic E-state index is 13.3. The number of rotatable bonds is 4. The number of anilines is 2. The average molecular weight is 469 g/mol. The Labute approximate surface area is 202 Å². The lowest BCUT2D eigenvalue weighted by Crippen LogP contribution is -2.29. The van der Waals surface area contributed by atoms with Gasteiger partial charge in [0.1, 0.15) is 11.5 Å². The fourth-order valence-corrected chi connectivity index (χ4v) is 4.62. The Morgan fingerprint density at radius 2 is 1.77 bits per heavy atom. The van der Waals surface area contributed by atoms with E-state index in [1.807, 2.05) is 36.4 Å². The molecule has 0 aromatic heterocycles. The Morgan fingerprint density at radius 3 is 2.49 bits per heavy atom. The van der Waals surface area contributed by atoms with Crippen LogP contribution in [0.15, 0.2) is 78.4 Å². The molecule has 35 heavy (non-hydrogen) atoms. The van der Waals surface area contributed by atoms with Gasteiger partial charge in [-0.15, -0.1) is 0 Å². The molecule has 7 heteroatoms. The second-order valence-corrected chi connectivity index (χ2v) is 8.58. The Hall–Kier alpha value is -4.39. The molecule has 1 atom stereocenters. The molecule has 0 saturated carbocycles. The minimum atomic E-state index is -0.810. The molecule has 2 aliphatic heterocycles. The van der Waals surface area contributed by atoms with E-state index < -0.39 is 17.7 Å². The number of aryl methyl sites for hydroxylation is 1. The van der Waals surface area contributed by atoms with Gasteiger partial charge in [0.25, 0.3) is 11.7 Å². The predicted octanol–water partition coefficient (Wildman–Crippen LogP) is 4.60. The van der Waals surface area contributed by atoms with Crippen LogP contribution in [0.25, 0.3) is 5.76 Å². The molecule has 1 saturated heterocycles. The normalized spacial score (nSPS) is 18.7. The Morgan fingerprint density at radius 1 is 1.03 bits per heavy atom. The summed E-state index contributed by atoms with van der Waals surface area (Å²) in [6.45, 7) is 2.06. The first-order valence-corrected chi connectivity index (χ1v) is 11.4. The average Bonchev–Trinajstić information content (AvgIpc) is 3.14. The van der Waals surface area contributed by atoms with Crippen molar-refractivity contribution in [3.63, 3.8) is 0 Å². The highest BCUT2D eigenvalue weighted by Gasteiger charge is 2.47. The summed E-state index contributed by atoms with van der Waals surface area (Å²) < 4.78 is 5.67. The molecule has 0 spiro atoms. The van der Waals surface area contributed by atoms with Gasteiger partial charge in [-0.3, -0.25) is 19.3 Å². The molecule has 0 bridgehead atoms. The van der Waals surface area contributed by atoms with Crippen LogP contribution in [-0.2, 0) is 20.8 Å². The van der Waals surface area contributed by atoms with Crippen LogP contribution in [0, 0.1) is 0 Å². The lowest BCUT2D eigenvalue weighted by atomic mass is 9.94. The maximum Gasteiger partial charge on any atom is 0.300 e. The highest BCUT2D eigenvalue weighted by atomic mass is 16.5. The van der Waals surface area contributed by atoms with Crippen molar-refractivity contribution in [3.05, 3.63) is 95.1 Å². The smallest absolute Gasteiger partial charge is 0.300 e. The number of carbonyl (C=O) groups is 3. The van der Waals surface area contributed by atoms with Crippen LogP contribution in [0.5, 0.6) is 5.75 Å². The van der Waals surface area contributed by atoms with Crippen molar-refractivity contribution in [2.45, 2.75) is 25.8 Å². The van der Waals surface area contributed by atoms with Crippen LogP contribution in [0.1, 0.15) is 36.1 Å². The molecule has 2 aliphatic rings. The van der Waals surface area contributed by atoms with E-state index in [4.69, 9.17) is 4.74 Å². The number of aliphatic hydroxyl groups excluding tert-OH is 1. The number of ether oxygens (including phenoxy) is 1. The monoisotopic (exact) mass is 468 g/mol. The molecular formula is C28H24N2O5. The second-order valence-electron chi connectivity index (χ2n) is 8.58.